The molecule has 0 aromatic heterocycles. The standard InChI is InChI=1S/C9H21ClN2O2S/c1-8(2)5-9(6-12(3)4)11-15(13,14)7-10/h8-9,11H,5-7H2,1-4H3. The molecule has 92 valence electrons. The summed E-state index contributed by atoms with van der Waals surface area (Å²) < 4.78 is 25.2. The van der Waals surface area contributed by atoms with Crippen LogP contribution in [0, 0.1) is 5.92 Å². The SMILES string of the molecule is CC(C)CC(CN(C)C)NS(=O)(=O)CCl. The summed E-state index contributed by atoms with van der Waals surface area (Å²) in [4.78, 5) is 1.96. The molecule has 0 radical (unpaired) electrons. The van der Waals surface area contributed by atoms with Gasteiger partial charge in [0.2, 0.25) is 10.0 Å². The van der Waals surface area contributed by atoms with Crippen LogP contribution in [-0.2, 0) is 10.0 Å². The van der Waals surface area contributed by atoms with Crippen LogP contribution in [0.15, 0.2) is 0 Å². The molecule has 0 rings (SSSR count). The third-order valence-electron chi connectivity index (χ3n) is 1.83. The Bertz CT molecular complexity index is 255. The van der Waals surface area contributed by atoms with Gasteiger partial charge in [0.1, 0.15) is 5.21 Å². The number of nitrogens with zero attached hydrogens (tertiary/aromatic N) is 1. The number of rotatable bonds is 7. The lowest BCUT2D eigenvalue weighted by atomic mass is 10.0. The minimum atomic E-state index is -3.32. The molecule has 0 fully saturated rings. The number of halogens is 1. The Morgan fingerprint density at radius 3 is 2.20 bits per heavy atom. The van der Waals surface area contributed by atoms with Gasteiger partial charge in [0, 0.05) is 12.6 Å². The smallest absolute Gasteiger partial charge is 0.225 e. The maximum absolute atomic E-state index is 11.3. The molecule has 0 saturated heterocycles. The lowest BCUT2D eigenvalue weighted by Crippen LogP contribution is -2.42. The van der Waals surface area contributed by atoms with Gasteiger partial charge >= 0.3 is 0 Å². The predicted octanol–water partition coefficient (Wildman–Crippen LogP) is 1.08. The fourth-order valence-electron chi connectivity index (χ4n) is 1.46. The van der Waals surface area contributed by atoms with E-state index in [9.17, 15) is 8.42 Å². The van der Waals surface area contributed by atoms with Crippen molar-refractivity contribution in [1.82, 2.24) is 9.62 Å². The maximum Gasteiger partial charge on any atom is 0.225 e. The summed E-state index contributed by atoms with van der Waals surface area (Å²) in [6.07, 6.45) is 0.814. The average Bonchev–Trinajstić information content (AvgIpc) is 2.00. The minimum Gasteiger partial charge on any atom is -0.308 e. The van der Waals surface area contributed by atoms with E-state index in [0.29, 0.717) is 12.5 Å². The first-order chi connectivity index (χ1) is 6.76. The van der Waals surface area contributed by atoms with Crippen molar-refractivity contribution in [3.05, 3.63) is 0 Å². The Balaban J connectivity index is 4.37. The zero-order valence-electron chi connectivity index (χ0n) is 9.83. The zero-order valence-corrected chi connectivity index (χ0v) is 11.4. The van der Waals surface area contributed by atoms with Crippen molar-refractivity contribution in [2.45, 2.75) is 26.3 Å². The molecular weight excluding hydrogens is 236 g/mol. The highest BCUT2D eigenvalue weighted by atomic mass is 35.5. The molecule has 0 aliphatic carbocycles. The van der Waals surface area contributed by atoms with Gasteiger partial charge < -0.3 is 4.90 Å². The normalized spacial score (nSPS) is 14.9. The number of likely N-dealkylation sites (N-methyl/N-ethyl adjacent to an activating group) is 1. The predicted molar refractivity (Wildman–Crippen MR) is 64.6 cm³/mol. The molecule has 0 spiro atoms. The number of nitrogens with one attached hydrogen (secondary N) is 1. The van der Waals surface area contributed by atoms with Crippen LogP contribution in [0.3, 0.4) is 0 Å². The maximum atomic E-state index is 11.3. The van der Waals surface area contributed by atoms with E-state index in [1.54, 1.807) is 0 Å². The summed E-state index contributed by atoms with van der Waals surface area (Å²) in [5, 5.41) is -0.380. The largest absolute Gasteiger partial charge is 0.308 e. The molecule has 1 atom stereocenters. The van der Waals surface area contributed by atoms with Crippen LogP contribution in [0.25, 0.3) is 0 Å². The van der Waals surface area contributed by atoms with Crippen molar-refractivity contribution in [3.8, 4) is 0 Å². The molecule has 0 aliphatic heterocycles. The van der Waals surface area contributed by atoms with Crippen LogP contribution in [0.5, 0.6) is 0 Å². The van der Waals surface area contributed by atoms with E-state index in [2.05, 4.69) is 18.6 Å². The molecule has 0 aromatic rings. The summed E-state index contributed by atoms with van der Waals surface area (Å²) in [5.41, 5.74) is 0. The van der Waals surface area contributed by atoms with Crippen molar-refractivity contribution in [2.24, 2.45) is 5.92 Å². The van der Waals surface area contributed by atoms with Crippen LogP contribution in [-0.4, -0.2) is 45.2 Å². The van der Waals surface area contributed by atoms with E-state index >= 15 is 0 Å². The van der Waals surface area contributed by atoms with E-state index in [0.717, 1.165) is 6.42 Å². The second-order valence-corrected chi connectivity index (χ2v) is 6.77. The average molecular weight is 257 g/mol. The fourth-order valence-corrected chi connectivity index (χ4v) is 2.39. The van der Waals surface area contributed by atoms with Gasteiger partial charge in [-0.15, -0.1) is 11.6 Å². The second kappa shape index (κ2) is 6.68. The Hall–Kier alpha value is 0.160. The molecule has 0 aliphatic rings. The van der Waals surface area contributed by atoms with Gasteiger partial charge in [0.05, 0.1) is 0 Å². The highest BCUT2D eigenvalue weighted by molar-refractivity contribution is 7.90. The molecule has 4 nitrogen and oxygen atoms in total. The van der Waals surface area contributed by atoms with Gasteiger partial charge in [-0.1, -0.05) is 13.8 Å². The van der Waals surface area contributed by atoms with Crippen molar-refractivity contribution in [3.63, 3.8) is 0 Å². The molecule has 0 aromatic carbocycles. The van der Waals surface area contributed by atoms with Crippen LogP contribution >= 0.6 is 11.6 Å². The first-order valence-corrected chi connectivity index (χ1v) is 7.16. The summed E-state index contributed by atoms with van der Waals surface area (Å²) in [7, 11) is 0.517. The summed E-state index contributed by atoms with van der Waals surface area (Å²) in [5.74, 6) is 0.452. The van der Waals surface area contributed by atoms with Crippen LogP contribution in [0.2, 0.25) is 0 Å². The fraction of sp³-hybridized carbons (Fsp3) is 1.00. The van der Waals surface area contributed by atoms with Crippen LogP contribution in [0.1, 0.15) is 20.3 Å². The lowest BCUT2D eigenvalue weighted by Gasteiger charge is -2.23. The van der Waals surface area contributed by atoms with E-state index in [-0.39, 0.29) is 11.3 Å². The zero-order chi connectivity index (χ0) is 12.1. The number of hydrogen-bond donors (Lipinski definition) is 1. The third kappa shape index (κ3) is 8.02. The van der Waals surface area contributed by atoms with Crippen molar-refractivity contribution >= 4 is 21.6 Å². The van der Waals surface area contributed by atoms with Crippen LogP contribution < -0.4 is 4.72 Å². The summed E-state index contributed by atoms with van der Waals surface area (Å²) in [6.45, 7) is 4.82. The number of hydrogen-bond acceptors (Lipinski definition) is 3. The molecule has 15 heavy (non-hydrogen) atoms. The van der Waals surface area contributed by atoms with E-state index < -0.39 is 10.0 Å². The molecular formula is C9H21ClN2O2S. The summed E-state index contributed by atoms with van der Waals surface area (Å²) in [6, 6.07) is -0.0660. The van der Waals surface area contributed by atoms with Crippen molar-refractivity contribution in [1.29, 1.82) is 0 Å². The quantitative estimate of drug-likeness (QED) is 0.694. The minimum absolute atomic E-state index is 0.0660. The topological polar surface area (TPSA) is 49.4 Å². The molecule has 0 amide bonds. The first kappa shape index (κ1) is 15.2. The van der Waals surface area contributed by atoms with E-state index in [1.165, 1.54) is 0 Å². The molecule has 0 heterocycles. The van der Waals surface area contributed by atoms with Gasteiger partial charge in [0.25, 0.3) is 0 Å². The van der Waals surface area contributed by atoms with E-state index in [1.807, 2.05) is 19.0 Å². The summed E-state index contributed by atoms with van der Waals surface area (Å²) >= 11 is 5.35. The number of sulfonamides is 1. The van der Waals surface area contributed by atoms with Gasteiger partial charge in [-0.3, -0.25) is 0 Å². The monoisotopic (exact) mass is 256 g/mol. The van der Waals surface area contributed by atoms with Crippen molar-refractivity contribution in [2.75, 3.05) is 25.9 Å². The van der Waals surface area contributed by atoms with Crippen molar-refractivity contribution < 1.29 is 8.42 Å². The van der Waals surface area contributed by atoms with E-state index in [4.69, 9.17) is 11.6 Å². The Kier molecular flexibility index (Phi) is 6.75. The molecule has 0 bridgehead atoms. The Morgan fingerprint density at radius 1 is 1.33 bits per heavy atom. The third-order valence-corrected chi connectivity index (χ3v) is 3.67. The highest BCUT2D eigenvalue weighted by Gasteiger charge is 2.18. The van der Waals surface area contributed by atoms with Gasteiger partial charge in [0.15, 0.2) is 0 Å². The first-order valence-electron chi connectivity index (χ1n) is 4.97. The molecule has 1 N–H and O–H groups in total. The highest BCUT2D eigenvalue weighted by Crippen LogP contribution is 2.07. The van der Waals surface area contributed by atoms with Gasteiger partial charge in [-0.05, 0) is 26.4 Å². The Morgan fingerprint density at radius 2 is 1.87 bits per heavy atom. The van der Waals surface area contributed by atoms with Crippen LogP contribution in [0.4, 0.5) is 0 Å². The lowest BCUT2D eigenvalue weighted by molar-refractivity contribution is 0.329. The molecule has 1 unspecified atom stereocenters. The second-order valence-electron chi connectivity index (χ2n) is 4.43. The Labute approximate surface area is 98.0 Å². The number of alkyl halides is 1. The van der Waals surface area contributed by atoms with Gasteiger partial charge in [-0.2, -0.15) is 0 Å². The molecule has 0 saturated carbocycles. The van der Waals surface area contributed by atoms with Gasteiger partial charge in [-0.25, -0.2) is 13.1 Å². The molecule has 6 heteroatoms.